The van der Waals surface area contributed by atoms with Gasteiger partial charge in [0.25, 0.3) is 11.8 Å². The summed E-state index contributed by atoms with van der Waals surface area (Å²) in [5.74, 6) is -1.57. The lowest BCUT2D eigenvalue weighted by Crippen LogP contribution is -2.33. The molecular weight excluding hydrogens is 483 g/mol. The SMILES string of the molecule is NC(=O)c1cn(-c2ccc(C(=O)NCC(F)(F)F)cc2OCc2cccc(Br)c2)nn1. The van der Waals surface area contributed by atoms with Gasteiger partial charge in [0, 0.05) is 10.0 Å². The summed E-state index contributed by atoms with van der Waals surface area (Å²) in [4.78, 5) is 23.4. The van der Waals surface area contributed by atoms with Gasteiger partial charge in [-0.05, 0) is 35.9 Å². The Morgan fingerprint density at radius 1 is 1.19 bits per heavy atom. The molecule has 162 valence electrons. The number of halogens is 4. The van der Waals surface area contributed by atoms with Crippen LogP contribution in [0.3, 0.4) is 0 Å². The van der Waals surface area contributed by atoms with Crippen molar-refractivity contribution >= 4 is 27.7 Å². The van der Waals surface area contributed by atoms with Crippen LogP contribution in [0.2, 0.25) is 0 Å². The molecule has 0 unspecified atom stereocenters. The molecule has 8 nitrogen and oxygen atoms in total. The van der Waals surface area contributed by atoms with Gasteiger partial charge in [0.15, 0.2) is 5.69 Å². The molecule has 0 atom stereocenters. The van der Waals surface area contributed by atoms with Crippen LogP contribution < -0.4 is 15.8 Å². The van der Waals surface area contributed by atoms with Crippen LogP contribution in [0, 0.1) is 0 Å². The standard InChI is InChI=1S/C19H15BrF3N5O3/c20-13-3-1-2-11(6-13)9-31-16-7-12(18(30)25-10-19(21,22)23)4-5-15(16)28-8-14(17(24)29)26-27-28/h1-8H,9-10H2,(H2,24,29)(H,25,30). The van der Waals surface area contributed by atoms with E-state index in [0.717, 1.165) is 10.0 Å². The fraction of sp³-hybridized carbons (Fsp3) is 0.158. The van der Waals surface area contributed by atoms with Crippen LogP contribution in [-0.2, 0) is 6.61 Å². The number of amides is 2. The van der Waals surface area contributed by atoms with Crippen molar-refractivity contribution in [1.29, 1.82) is 0 Å². The topological polar surface area (TPSA) is 112 Å². The fourth-order valence-electron chi connectivity index (χ4n) is 2.53. The monoisotopic (exact) mass is 497 g/mol. The van der Waals surface area contributed by atoms with Crippen molar-refractivity contribution in [2.24, 2.45) is 5.73 Å². The molecule has 12 heteroatoms. The van der Waals surface area contributed by atoms with Gasteiger partial charge in [-0.3, -0.25) is 9.59 Å². The number of nitrogens with zero attached hydrogens (tertiary/aromatic N) is 3. The number of benzene rings is 2. The molecule has 2 amide bonds. The number of nitrogens with two attached hydrogens (primary N) is 1. The first-order chi connectivity index (χ1) is 14.6. The maximum Gasteiger partial charge on any atom is 0.405 e. The normalized spacial score (nSPS) is 11.2. The van der Waals surface area contributed by atoms with Gasteiger partial charge >= 0.3 is 6.18 Å². The van der Waals surface area contributed by atoms with E-state index in [1.54, 1.807) is 11.4 Å². The highest BCUT2D eigenvalue weighted by Gasteiger charge is 2.28. The largest absolute Gasteiger partial charge is 0.487 e. The molecule has 0 saturated carbocycles. The third-order valence-electron chi connectivity index (χ3n) is 3.95. The van der Waals surface area contributed by atoms with Gasteiger partial charge in [0.2, 0.25) is 0 Å². The lowest BCUT2D eigenvalue weighted by Gasteiger charge is -2.14. The molecule has 0 saturated heterocycles. The summed E-state index contributed by atoms with van der Waals surface area (Å²) >= 11 is 3.35. The first-order valence-electron chi connectivity index (χ1n) is 8.71. The predicted molar refractivity (Wildman–Crippen MR) is 107 cm³/mol. The van der Waals surface area contributed by atoms with Crippen molar-refractivity contribution in [2.45, 2.75) is 12.8 Å². The number of ether oxygens (including phenoxy) is 1. The molecule has 0 spiro atoms. The Bertz CT molecular complexity index is 1120. The smallest absolute Gasteiger partial charge is 0.405 e. The summed E-state index contributed by atoms with van der Waals surface area (Å²) in [7, 11) is 0. The quantitative estimate of drug-likeness (QED) is 0.521. The second-order valence-corrected chi connectivity index (χ2v) is 7.23. The molecule has 1 heterocycles. The lowest BCUT2D eigenvalue weighted by molar-refractivity contribution is -0.123. The first kappa shape index (κ1) is 22.3. The molecule has 0 fully saturated rings. The highest BCUT2D eigenvalue weighted by atomic mass is 79.9. The number of rotatable bonds is 7. The average Bonchev–Trinajstić information content (AvgIpc) is 3.20. The van der Waals surface area contributed by atoms with E-state index < -0.39 is 24.5 Å². The van der Waals surface area contributed by atoms with Crippen LogP contribution >= 0.6 is 15.9 Å². The Balaban J connectivity index is 1.91. The second kappa shape index (κ2) is 9.16. The van der Waals surface area contributed by atoms with Gasteiger partial charge in [-0.25, -0.2) is 4.68 Å². The van der Waals surface area contributed by atoms with E-state index in [0.29, 0.717) is 5.69 Å². The molecule has 3 rings (SSSR count). The van der Waals surface area contributed by atoms with Crippen LogP contribution in [0.4, 0.5) is 13.2 Å². The minimum Gasteiger partial charge on any atom is -0.487 e. The molecule has 0 bridgehead atoms. The molecule has 1 aromatic heterocycles. The number of carbonyl (C=O) groups is 2. The highest BCUT2D eigenvalue weighted by molar-refractivity contribution is 9.10. The van der Waals surface area contributed by atoms with Gasteiger partial charge in [-0.2, -0.15) is 13.2 Å². The maximum absolute atomic E-state index is 12.4. The van der Waals surface area contributed by atoms with Gasteiger partial charge in [-0.1, -0.05) is 33.3 Å². The van der Waals surface area contributed by atoms with E-state index in [1.807, 2.05) is 18.2 Å². The molecule has 2 aromatic carbocycles. The van der Waals surface area contributed by atoms with E-state index in [9.17, 15) is 22.8 Å². The highest BCUT2D eigenvalue weighted by Crippen LogP contribution is 2.26. The van der Waals surface area contributed by atoms with E-state index in [1.165, 1.54) is 29.1 Å². The van der Waals surface area contributed by atoms with Crippen LogP contribution in [0.5, 0.6) is 5.75 Å². The lowest BCUT2D eigenvalue weighted by atomic mass is 10.1. The van der Waals surface area contributed by atoms with Crippen LogP contribution in [0.15, 0.2) is 53.1 Å². The van der Waals surface area contributed by atoms with E-state index in [-0.39, 0.29) is 23.6 Å². The minimum atomic E-state index is -4.54. The maximum atomic E-state index is 12.4. The average molecular weight is 498 g/mol. The predicted octanol–water partition coefficient (Wildman–Crippen LogP) is 3.00. The molecular formula is C19H15BrF3N5O3. The molecule has 0 aliphatic heterocycles. The zero-order chi connectivity index (χ0) is 22.6. The van der Waals surface area contributed by atoms with E-state index in [2.05, 4.69) is 26.2 Å². The molecule has 31 heavy (non-hydrogen) atoms. The third kappa shape index (κ3) is 6.04. The number of carbonyl (C=O) groups excluding carboxylic acids is 2. The Morgan fingerprint density at radius 2 is 1.97 bits per heavy atom. The van der Waals surface area contributed by atoms with Crippen molar-refractivity contribution in [3.8, 4) is 11.4 Å². The molecule has 0 aliphatic carbocycles. The number of alkyl halides is 3. The van der Waals surface area contributed by atoms with Crippen LogP contribution in [-0.4, -0.2) is 39.5 Å². The van der Waals surface area contributed by atoms with Gasteiger partial charge < -0.3 is 15.8 Å². The Kier molecular flexibility index (Phi) is 6.59. The van der Waals surface area contributed by atoms with Gasteiger partial charge in [-0.15, -0.1) is 5.10 Å². The van der Waals surface area contributed by atoms with Crippen molar-refractivity contribution in [1.82, 2.24) is 20.3 Å². The zero-order valence-electron chi connectivity index (χ0n) is 15.7. The van der Waals surface area contributed by atoms with Gasteiger partial charge in [0.1, 0.15) is 24.6 Å². The Morgan fingerprint density at radius 3 is 2.61 bits per heavy atom. The van der Waals surface area contributed by atoms with Crippen LogP contribution in [0.1, 0.15) is 26.4 Å². The molecule has 3 N–H and O–H groups in total. The molecule has 0 radical (unpaired) electrons. The summed E-state index contributed by atoms with van der Waals surface area (Å²) in [6.45, 7) is -1.37. The summed E-state index contributed by atoms with van der Waals surface area (Å²) in [5, 5.41) is 9.26. The van der Waals surface area contributed by atoms with E-state index >= 15 is 0 Å². The number of primary amides is 1. The van der Waals surface area contributed by atoms with Crippen molar-refractivity contribution in [3.05, 3.63) is 70.0 Å². The van der Waals surface area contributed by atoms with Crippen LogP contribution in [0.25, 0.3) is 5.69 Å². The Labute approximate surface area is 182 Å². The first-order valence-corrected chi connectivity index (χ1v) is 9.50. The second-order valence-electron chi connectivity index (χ2n) is 6.31. The molecule has 3 aromatic rings. The third-order valence-corrected chi connectivity index (χ3v) is 4.44. The summed E-state index contributed by atoms with van der Waals surface area (Å²) in [5.41, 5.74) is 6.15. The summed E-state index contributed by atoms with van der Waals surface area (Å²) < 4.78 is 45.1. The van der Waals surface area contributed by atoms with Crippen molar-refractivity contribution in [3.63, 3.8) is 0 Å². The number of hydrogen-bond donors (Lipinski definition) is 2. The number of hydrogen-bond acceptors (Lipinski definition) is 5. The van der Waals surface area contributed by atoms with E-state index in [4.69, 9.17) is 10.5 Å². The summed E-state index contributed by atoms with van der Waals surface area (Å²) in [6, 6.07) is 11.3. The van der Waals surface area contributed by atoms with Crippen molar-refractivity contribution < 1.29 is 27.5 Å². The summed E-state index contributed by atoms with van der Waals surface area (Å²) in [6.07, 6.45) is -3.27. The number of nitrogens with one attached hydrogen (secondary N) is 1. The fourth-order valence-corrected chi connectivity index (χ4v) is 2.97. The Hall–Kier alpha value is -3.41. The number of aromatic nitrogens is 3. The minimum absolute atomic E-state index is 0.0486. The molecule has 0 aliphatic rings. The van der Waals surface area contributed by atoms with Gasteiger partial charge in [0.05, 0.1) is 6.20 Å². The zero-order valence-corrected chi connectivity index (χ0v) is 17.3. The van der Waals surface area contributed by atoms with Crippen molar-refractivity contribution in [2.75, 3.05) is 6.54 Å².